The normalized spacial score (nSPS) is 14.4. The standard InChI is InChI=1S/C12H12BrFN2O4/c1-20-12(17)9-10(14)7(13)6-8(16(18)19)11(9)15-4-2-3-5-15/h6H,2-5H2,1H3. The largest absolute Gasteiger partial charge is 0.465 e. The number of anilines is 1. The number of hydrogen-bond acceptors (Lipinski definition) is 5. The quantitative estimate of drug-likeness (QED) is 0.478. The summed E-state index contributed by atoms with van der Waals surface area (Å²) in [5.74, 6) is -1.77. The Morgan fingerprint density at radius 2 is 2.10 bits per heavy atom. The summed E-state index contributed by atoms with van der Waals surface area (Å²) in [4.78, 5) is 24.0. The van der Waals surface area contributed by atoms with Crippen molar-refractivity contribution in [3.8, 4) is 0 Å². The number of nitro benzene ring substituents is 1. The average Bonchev–Trinajstić information content (AvgIpc) is 2.93. The highest BCUT2D eigenvalue weighted by atomic mass is 79.9. The molecule has 1 aromatic carbocycles. The van der Waals surface area contributed by atoms with E-state index in [1.54, 1.807) is 4.90 Å². The van der Waals surface area contributed by atoms with E-state index in [9.17, 15) is 19.3 Å². The minimum Gasteiger partial charge on any atom is -0.465 e. The second-order valence-electron chi connectivity index (χ2n) is 4.36. The van der Waals surface area contributed by atoms with Crippen LogP contribution in [0.25, 0.3) is 0 Å². The van der Waals surface area contributed by atoms with Crippen molar-refractivity contribution >= 4 is 33.3 Å². The maximum atomic E-state index is 14.2. The van der Waals surface area contributed by atoms with Crippen molar-refractivity contribution in [1.29, 1.82) is 0 Å². The molecule has 1 fully saturated rings. The van der Waals surface area contributed by atoms with Crippen LogP contribution in [0.15, 0.2) is 10.5 Å². The topological polar surface area (TPSA) is 72.7 Å². The average molecular weight is 347 g/mol. The van der Waals surface area contributed by atoms with Crippen LogP contribution in [0.2, 0.25) is 0 Å². The first kappa shape index (κ1) is 14.7. The molecule has 6 nitrogen and oxygen atoms in total. The molecule has 0 aliphatic carbocycles. The van der Waals surface area contributed by atoms with Gasteiger partial charge in [-0.05, 0) is 28.8 Å². The molecular formula is C12H12BrFN2O4. The molecule has 0 atom stereocenters. The molecule has 20 heavy (non-hydrogen) atoms. The highest BCUT2D eigenvalue weighted by Crippen LogP contribution is 2.39. The molecule has 0 radical (unpaired) electrons. The van der Waals surface area contributed by atoms with Gasteiger partial charge < -0.3 is 9.64 Å². The Hall–Kier alpha value is -1.70. The number of carbonyl (C=O) groups is 1. The van der Waals surface area contributed by atoms with Gasteiger partial charge in [0.25, 0.3) is 5.69 Å². The molecule has 8 heteroatoms. The fourth-order valence-electron chi connectivity index (χ4n) is 2.29. The Bertz CT molecular complexity index is 573. The monoisotopic (exact) mass is 346 g/mol. The van der Waals surface area contributed by atoms with E-state index in [1.807, 2.05) is 0 Å². The lowest BCUT2D eigenvalue weighted by Gasteiger charge is -2.21. The highest BCUT2D eigenvalue weighted by molar-refractivity contribution is 9.10. The Balaban J connectivity index is 2.73. The van der Waals surface area contributed by atoms with E-state index in [0.717, 1.165) is 26.0 Å². The molecule has 1 aliphatic heterocycles. The van der Waals surface area contributed by atoms with Gasteiger partial charge in [0.05, 0.1) is 16.5 Å². The van der Waals surface area contributed by atoms with E-state index in [-0.39, 0.29) is 15.8 Å². The number of rotatable bonds is 3. The van der Waals surface area contributed by atoms with Crippen molar-refractivity contribution in [3.05, 3.63) is 32.0 Å². The van der Waals surface area contributed by atoms with Crippen LogP contribution in [-0.2, 0) is 4.74 Å². The highest BCUT2D eigenvalue weighted by Gasteiger charge is 2.33. The van der Waals surface area contributed by atoms with Crippen molar-refractivity contribution < 1.29 is 18.8 Å². The Morgan fingerprint density at radius 3 is 2.60 bits per heavy atom. The van der Waals surface area contributed by atoms with E-state index >= 15 is 0 Å². The summed E-state index contributed by atoms with van der Waals surface area (Å²) in [6, 6.07) is 1.08. The van der Waals surface area contributed by atoms with Crippen LogP contribution >= 0.6 is 15.9 Å². The van der Waals surface area contributed by atoms with Crippen molar-refractivity contribution in [2.75, 3.05) is 25.1 Å². The van der Waals surface area contributed by atoms with Crippen molar-refractivity contribution in [2.24, 2.45) is 0 Å². The fraction of sp³-hybridized carbons (Fsp3) is 0.417. The summed E-state index contributed by atoms with van der Waals surface area (Å²) in [6.45, 7) is 1.10. The number of hydrogen-bond donors (Lipinski definition) is 0. The molecular weight excluding hydrogens is 335 g/mol. The van der Waals surface area contributed by atoms with Crippen LogP contribution in [0.3, 0.4) is 0 Å². The molecule has 1 heterocycles. The molecule has 0 unspecified atom stereocenters. The summed E-state index contributed by atoms with van der Waals surface area (Å²) < 4.78 is 18.6. The third kappa shape index (κ3) is 2.47. The number of benzene rings is 1. The van der Waals surface area contributed by atoms with Crippen molar-refractivity contribution in [1.82, 2.24) is 0 Å². The van der Waals surface area contributed by atoms with Gasteiger partial charge in [-0.2, -0.15) is 0 Å². The Kier molecular flexibility index (Phi) is 4.22. The lowest BCUT2D eigenvalue weighted by molar-refractivity contribution is -0.384. The van der Waals surface area contributed by atoms with Crippen molar-refractivity contribution in [3.63, 3.8) is 0 Å². The molecule has 0 spiro atoms. The molecule has 0 amide bonds. The second kappa shape index (κ2) is 5.74. The summed E-state index contributed by atoms with van der Waals surface area (Å²) in [5.41, 5.74) is -0.698. The predicted octanol–water partition coefficient (Wildman–Crippen LogP) is 2.88. The molecule has 0 N–H and O–H groups in total. The maximum absolute atomic E-state index is 14.2. The summed E-state index contributed by atoms with van der Waals surface area (Å²) >= 11 is 2.90. The number of nitrogens with zero attached hydrogens (tertiary/aromatic N) is 2. The zero-order chi connectivity index (χ0) is 14.9. The van der Waals surface area contributed by atoms with Gasteiger partial charge in [-0.1, -0.05) is 0 Å². The summed E-state index contributed by atoms with van der Waals surface area (Å²) in [7, 11) is 1.11. The SMILES string of the molecule is COC(=O)c1c(F)c(Br)cc([N+](=O)[O-])c1N1CCCC1. The maximum Gasteiger partial charge on any atom is 0.343 e. The molecule has 2 rings (SSSR count). The Morgan fingerprint density at radius 1 is 1.50 bits per heavy atom. The van der Waals surface area contributed by atoms with Gasteiger partial charge in [-0.25, -0.2) is 9.18 Å². The van der Waals surface area contributed by atoms with E-state index in [1.165, 1.54) is 0 Å². The van der Waals surface area contributed by atoms with E-state index in [0.29, 0.717) is 13.1 Å². The molecule has 0 saturated carbocycles. The fourth-order valence-corrected chi connectivity index (χ4v) is 2.71. The third-order valence-corrected chi connectivity index (χ3v) is 3.76. The first-order valence-electron chi connectivity index (χ1n) is 5.97. The minimum atomic E-state index is -0.922. The number of carbonyl (C=O) groups excluding carboxylic acids is 1. The third-order valence-electron chi connectivity index (χ3n) is 3.18. The van der Waals surface area contributed by atoms with Crippen molar-refractivity contribution in [2.45, 2.75) is 12.8 Å². The molecule has 1 saturated heterocycles. The van der Waals surface area contributed by atoms with Crippen LogP contribution in [0, 0.1) is 15.9 Å². The number of nitro groups is 1. The van der Waals surface area contributed by atoms with Gasteiger partial charge in [0, 0.05) is 19.2 Å². The first-order valence-corrected chi connectivity index (χ1v) is 6.76. The number of esters is 1. The van der Waals surface area contributed by atoms with Gasteiger partial charge in [0.2, 0.25) is 0 Å². The summed E-state index contributed by atoms with van der Waals surface area (Å²) in [5, 5.41) is 11.2. The van der Waals surface area contributed by atoms with Gasteiger partial charge in [-0.3, -0.25) is 10.1 Å². The molecule has 0 aromatic heterocycles. The first-order chi connectivity index (χ1) is 9.47. The lowest BCUT2D eigenvalue weighted by Crippen LogP contribution is -2.23. The van der Waals surface area contributed by atoms with Gasteiger partial charge in [-0.15, -0.1) is 0 Å². The number of methoxy groups -OCH3 is 1. The Labute approximate surface area is 122 Å². The smallest absolute Gasteiger partial charge is 0.343 e. The molecule has 0 bridgehead atoms. The van der Waals surface area contributed by atoms with E-state index < -0.39 is 22.3 Å². The summed E-state index contributed by atoms with van der Waals surface area (Å²) in [6.07, 6.45) is 1.69. The van der Waals surface area contributed by atoms with Gasteiger partial charge in [0.1, 0.15) is 11.3 Å². The van der Waals surface area contributed by atoms with Gasteiger partial charge >= 0.3 is 5.97 Å². The lowest BCUT2D eigenvalue weighted by atomic mass is 10.1. The predicted molar refractivity (Wildman–Crippen MR) is 73.5 cm³/mol. The van der Waals surface area contributed by atoms with E-state index in [2.05, 4.69) is 20.7 Å². The zero-order valence-corrected chi connectivity index (χ0v) is 12.3. The minimum absolute atomic E-state index is 0.0000463. The van der Waals surface area contributed by atoms with Crippen LogP contribution in [0.4, 0.5) is 15.8 Å². The van der Waals surface area contributed by atoms with Crippen LogP contribution in [0.5, 0.6) is 0 Å². The van der Waals surface area contributed by atoms with Gasteiger partial charge in [0.15, 0.2) is 5.82 Å². The molecule has 108 valence electrons. The van der Waals surface area contributed by atoms with Crippen LogP contribution in [0.1, 0.15) is 23.2 Å². The van der Waals surface area contributed by atoms with Crippen LogP contribution < -0.4 is 4.90 Å². The molecule has 1 aromatic rings. The number of ether oxygens (including phenoxy) is 1. The zero-order valence-electron chi connectivity index (χ0n) is 10.7. The van der Waals surface area contributed by atoms with E-state index in [4.69, 9.17) is 0 Å². The van der Waals surface area contributed by atoms with Crippen LogP contribution in [-0.4, -0.2) is 31.1 Å². The molecule has 1 aliphatic rings. The second-order valence-corrected chi connectivity index (χ2v) is 5.21. The number of halogens is 2.